The maximum Gasteiger partial charge on any atom is 0.294 e. The number of nitrogens with zero attached hydrogens (tertiary/aromatic N) is 1. The maximum absolute atomic E-state index is 13.1. The molecule has 10 heteroatoms. The zero-order chi connectivity index (χ0) is 29.4. The van der Waals surface area contributed by atoms with E-state index in [9.17, 15) is 14.4 Å². The fourth-order valence-corrected chi connectivity index (χ4v) is 5.63. The van der Waals surface area contributed by atoms with Gasteiger partial charge in [0.1, 0.15) is 13.2 Å². The second-order valence-corrected chi connectivity index (χ2v) is 11.7. The van der Waals surface area contributed by atoms with E-state index in [4.69, 9.17) is 9.47 Å². The highest BCUT2D eigenvalue weighted by molar-refractivity contribution is 9.10. The highest BCUT2D eigenvalue weighted by Crippen LogP contribution is 2.38. The number of rotatable bonds is 12. The summed E-state index contributed by atoms with van der Waals surface area (Å²) in [5.74, 6) is 0.154. The third-order valence-corrected chi connectivity index (χ3v) is 8.10. The summed E-state index contributed by atoms with van der Waals surface area (Å²) in [5, 5.41) is 2.26. The first-order valence-electron chi connectivity index (χ1n) is 12.8. The number of hydrogen-bond donors (Lipinski definition) is 1. The van der Waals surface area contributed by atoms with Crippen molar-refractivity contribution in [1.82, 2.24) is 4.90 Å². The van der Waals surface area contributed by atoms with Crippen LogP contribution in [0, 0.1) is 0 Å². The zero-order valence-corrected chi connectivity index (χ0v) is 25.9. The molecule has 0 spiro atoms. The van der Waals surface area contributed by atoms with Crippen molar-refractivity contribution in [2.45, 2.75) is 24.8 Å². The van der Waals surface area contributed by atoms with E-state index in [0.717, 1.165) is 37.2 Å². The lowest BCUT2D eigenvalue weighted by atomic mass is 10.0. The average molecular weight is 654 g/mol. The minimum Gasteiger partial charge on any atom is -0.490 e. The zero-order valence-electron chi connectivity index (χ0n) is 22.6. The molecule has 0 aliphatic carbocycles. The molecule has 0 unspecified atom stereocenters. The fourth-order valence-electron chi connectivity index (χ4n) is 4.07. The van der Waals surface area contributed by atoms with E-state index >= 15 is 0 Å². The molecule has 0 atom stereocenters. The van der Waals surface area contributed by atoms with Crippen LogP contribution in [0.1, 0.15) is 23.6 Å². The molecule has 0 radical (unpaired) electrons. The predicted molar refractivity (Wildman–Crippen MR) is 170 cm³/mol. The molecule has 0 aromatic heterocycles. The van der Waals surface area contributed by atoms with Crippen molar-refractivity contribution in [3.63, 3.8) is 0 Å². The molecule has 41 heavy (non-hydrogen) atoms. The molecule has 4 rings (SSSR count). The van der Waals surface area contributed by atoms with Crippen molar-refractivity contribution < 1.29 is 23.9 Å². The van der Waals surface area contributed by atoms with Gasteiger partial charge in [0.15, 0.2) is 11.5 Å². The van der Waals surface area contributed by atoms with Gasteiger partial charge < -0.3 is 14.8 Å². The Balaban J connectivity index is 1.53. The smallest absolute Gasteiger partial charge is 0.294 e. The SMILES string of the molecule is C=CCc1cc(/C=C2\SC(=O)N(CC(=O)Nc3cccc(SC)c3)C2=O)cc(OCC)c1OCc1ccc(Br)cc1. The lowest BCUT2D eigenvalue weighted by molar-refractivity contribution is -0.127. The summed E-state index contributed by atoms with van der Waals surface area (Å²) in [7, 11) is 0. The molecule has 1 fully saturated rings. The van der Waals surface area contributed by atoms with Gasteiger partial charge in [-0.3, -0.25) is 19.3 Å². The summed E-state index contributed by atoms with van der Waals surface area (Å²) in [6.45, 7) is 6.13. The van der Waals surface area contributed by atoms with Gasteiger partial charge in [-0.25, -0.2) is 0 Å². The van der Waals surface area contributed by atoms with E-state index in [2.05, 4.69) is 27.8 Å². The second-order valence-electron chi connectivity index (χ2n) is 8.90. The van der Waals surface area contributed by atoms with Gasteiger partial charge >= 0.3 is 0 Å². The Labute approximate surface area is 256 Å². The topological polar surface area (TPSA) is 84.9 Å². The lowest BCUT2D eigenvalue weighted by Gasteiger charge is -2.17. The number of carbonyl (C=O) groups excluding carboxylic acids is 3. The van der Waals surface area contributed by atoms with Crippen LogP contribution in [0.5, 0.6) is 11.5 Å². The van der Waals surface area contributed by atoms with Crippen LogP contribution in [0.2, 0.25) is 0 Å². The number of nitrogens with one attached hydrogen (secondary N) is 1. The van der Waals surface area contributed by atoms with Crippen molar-refractivity contribution in [2.75, 3.05) is 24.7 Å². The number of halogens is 1. The molecular weight excluding hydrogens is 624 g/mol. The summed E-state index contributed by atoms with van der Waals surface area (Å²) in [4.78, 5) is 40.6. The van der Waals surface area contributed by atoms with Gasteiger partial charge in [0.25, 0.3) is 11.1 Å². The van der Waals surface area contributed by atoms with Crippen molar-refractivity contribution in [3.8, 4) is 11.5 Å². The normalized spacial score (nSPS) is 13.9. The fraction of sp³-hybridized carbons (Fsp3) is 0.194. The molecule has 3 aromatic rings. The summed E-state index contributed by atoms with van der Waals surface area (Å²) < 4.78 is 13.1. The number of imide groups is 1. The highest BCUT2D eigenvalue weighted by atomic mass is 79.9. The second kappa shape index (κ2) is 14.4. The lowest BCUT2D eigenvalue weighted by Crippen LogP contribution is -2.36. The summed E-state index contributed by atoms with van der Waals surface area (Å²) >= 11 is 5.80. The van der Waals surface area contributed by atoms with Crippen molar-refractivity contribution >= 4 is 68.3 Å². The number of hydrogen-bond acceptors (Lipinski definition) is 7. The Morgan fingerprint density at radius 1 is 1.12 bits per heavy atom. The molecule has 212 valence electrons. The van der Waals surface area contributed by atoms with Gasteiger partial charge in [-0.15, -0.1) is 18.3 Å². The van der Waals surface area contributed by atoms with Gasteiger partial charge in [-0.2, -0.15) is 0 Å². The third-order valence-electron chi connectivity index (χ3n) is 5.94. The van der Waals surface area contributed by atoms with Crippen LogP contribution in [0.15, 0.2) is 87.6 Å². The number of anilines is 1. The molecule has 7 nitrogen and oxygen atoms in total. The van der Waals surface area contributed by atoms with Crippen LogP contribution in [-0.2, 0) is 22.6 Å². The minimum atomic E-state index is -0.521. The van der Waals surface area contributed by atoms with Crippen LogP contribution < -0.4 is 14.8 Å². The first-order chi connectivity index (χ1) is 19.8. The number of allylic oxidation sites excluding steroid dienone is 1. The van der Waals surface area contributed by atoms with E-state index in [1.54, 1.807) is 36.0 Å². The van der Waals surface area contributed by atoms with Crippen molar-refractivity contribution in [2.24, 2.45) is 0 Å². The Kier molecular flexibility index (Phi) is 10.7. The van der Waals surface area contributed by atoms with Crippen LogP contribution >= 0.6 is 39.5 Å². The first kappa shape index (κ1) is 30.5. The molecule has 1 aliphatic heterocycles. The molecule has 1 heterocycles. The van der Waals surface area contributed by atoms with E-state index in [0.29, 0.717) is 42.4 Å². The van der Waals surface area contributed by atoms with Gasteiger partial charge in [-0.1, -0.05) is 40.2 Å². The van der Waals surface area contributed by atoms with Crippen LogP contribution in [0.25, 0.3) is 6.08 Å². The van der Waals surface area contributed by atoms with E-state index in [-0.39, 0.29) is 11.4 Å². The van der Waals surface area contributed by atoms with Gasteiger partial charge in [0, 0.05) is 20.6 Å². The maximum atomic E-state index is 13.1. The molecule has 1 N–H and O–H groups in total. The molecule has 1 saturated heterocycles. The number of ether oxygens (including phenoxy) is 2. The summed E-state index contributed by atoms with van der Waals surface area (Å²) in [6, 6.07) is 18.9. The van der Waals surface area contributed by atoms with Crippen LogP contribution in [0.3, 0.4) is 0 Å². The standard InChI is InChI=1S/C31H29BrN2O5S2/c1-4-7-22-14-21(15-26(38-5-2)29(22)39-19-20-10-12-23(32)13-11-20)16-27-30(36)34(31(37)41-27)18-28(35)33-24-8-6-9-25(17-24)40-3/h4,6,8-17H,1,5,7,18-19H2,2-3H3,(H,33,35)/b27-16-. The van der Waals surface area contributed by atoms with E-state index in [1.165, 1.54) is 0 Å². The Bertz CT molecular complexity index is 1490. The van der Waals surface area contributed by atoms with Crippen molar-refractivity contribution in [1.29, 1.82) is 0 Å². The third kappa shape index (κ3) is 8.06. The molecule has 0 saturated carbocycles. The molecule has 3 aromatic carbocycles. The van der Waals surface area contributed by atoms with Gasteiger partial charge in [0.05, 0.1) is 11.5 Å². The molecule has 0 bridgehead atoms. The summed E-state index contributed by atoms with van der Waals surface area (Å²) in [5.41, 5.74) is 3.11. The number of carbonyl (C=O) groups is 3. The largest absolute Gasteiger partial charge is 0.490 e. The van der Waals surface area contributed by atoms with Crippen molar-refractivity contribution in [3.05, 3.63) is 99.4 Å². The monoisotopic (exact) mass is 652 g/mol. The molecular formula is C31H29BrN2O5S2. The quantitative estimate of drug-likeness (QED) is 0.123. The predicted octanol–water partition coefficient (Wildman–Crippen LogP) is 7.55. The number of thioether (sulfide) groups is 2. The van der Waals surface area contributed by atoms with Crippen LogP contribution in [0.4, 0.5) is 10.5 Å². The van der Waals surface area contributed by atoms with Gasteiger partial charge in [0.2, 0.25) is 5.91 Å². The van der Waals surface area contributed by atoms with Crippen LogP contribution in [-0.4, -0.2) is 41.4 Å². The average Bonchev–Trinajstić information content (AvgIpc) is 3.21. The highest BCUT2D eigenvalue weighted by Gasteiger charge is 2.36. The Hall–Kier alpha value is -3.47. The minimum absolute atomic E-state index is 0.225. The van der Waals surface area contributed by atoms with E-state index < -0.39 is 17.1 Å². The van der Waals surface area contributed by atoms with Gasteiger partial charge in [-0.05, 0) is 91.0 Å². The molecule has 1 aliphatic rings. The molecule has 3 amide bonds. The first-order valence-corrected chi connectivity index (χ1v) is 15.6. The number of amides is 3. The Morgan fingerprint density at radius 2 is 1.90 bits per heavy atom. The van der Waals surface area contributed by atoms with E-state index in [1.807, 2.05) is 61.7 Å². The Morgan fingerprint density at radius 3 is 2.61 bits per heavy atom. The summed E-state index contributed by atoms with van der Waals surface area (Å²) in [6.07, 6.45) is 5.85. The number of benzene rings is 3.